The van der Waals surface area contributed by atoms with Crippen LogP contribution < -0.4 is 5.32 Å². The van der Waals surface area contributed by atoms with Crippen LogP contribution in [0.4, 0.5) is 0 Å². The first-order chi connectivity index (χ1) is 10.9. The van der Waals surface area contributed by atoms with Gasteiger partial charge in [-0.1, -0.05) is 6.92 Å². The zero-order chi connectivity index (χ0) is 16.9. The lowest BCUT2D eigenvalue weighted by Crippen LogP contribution is -2.40. The summed E-state index contributed by atoms with van der Waals surface area (Å²) in [6.45, 7) is 6.58. The van der Waals surface area contributed by atoms with Crippen LogP contribution in [-0.4, -0.2) is 66.7 Å². The number of hydrogen-bond acceptors (Lipinski definition) is 4. The highest BCUT2D eigenvalue weighted by molar-refractivity contribution is 7.91. The molecule has 1 fully saturated rings. The maximum Gasteiger partial charge on any atom is 0.193 e. The fourth-order valence-electron chi connectivity index (χ4n) is 2.74. The third-order valence-corrected chi connectivity index (χ3v) is 5.81. The Morgan fingerprint density at radius 2 is 2.26 bits per heavy atom. The first kappa shape index (κ1) is 17.8. The van der Waals surface area contributed by atoms with Gasteiger partial charge in [0.25, 0.3) is 0 Å². The van der Waals surface area contributed by atoms with Gasteiger partial charge in [0.1, 0.15) is 0 Å². The van der Waals surface area contributed by atoms with E-state index in [4.69, 9.17) is 0 Å². The molecule has 1 aromatic heterocycles. The van der Waals surface area contributed by atoms with Crippen molar-refractivity contribution < 1.29 is 8.42 Å². The van der Waals surface area contributed by atoms with E-state index in [1.807, 2.05) is 24.9 Å². The molecular weight excluding hydrogens is 314 g/mol. The Labute approximate surface area is 138 Å². The average Bonchev–Trinajstić information content (AvgIpc) is 3.15. The number of nitrogens with zero attached hydrogens (tertiary/aromatic N) is 4. The number of hydrogen-bond donors (Lipinski definition) is 1. The second-order valence-corrected chi connectivity index (χ2v) is 8.32. The van der Waals surface area contributed by atoms with Crippen molar-refractivity contribution in [3.8, 4) is 0 Å². The van der Waals surface area contributed by atoms with E-state index in [0.29, 0.717) is 12.5 Å². The summed E-state index contributed by atoms with van der Waals surface area (Å²) in [4.78, 5) is 6.70. The molecule has 0 saturated carbocycles. The summed E-state index contributed by atoms with van der Waals surface area (Å²) in [5.41, 5.74) is 1.25. The molecule has 1 aromatic rings. The minimum absolute atomic E-state index is 0.109. The van der Waals surface area contributed by atoms with E-state index in [1.165, 1.54) is 5.56 Å². The molecule has 2 rings (SSSR count). The van der Waals surface area contributed by atoms with Gasteiger partial charge in [0.15, 0.2) is 15.8 Å². The normalized spacial score (nSPS) is 19.3. The van der Waals surface area contributed by atoms with E-state index in [9.17, 15) is 8.42 Å². The van der Waals surface area contributed by atoms with Crippen LogP contribution in [0, 0.1) is 0 Å². The first-order valence-electron chi connectivity index (χ1n) is 8.17. The number of rotatable bonds is 6. The summed E-state index contributed by atoms with van der Waals surface area (Å²) in [7, 11) is -1.04. The molecule has 2 heterocycles. The molecule has 8 heteroatoms. The molecule has 0 aromatic carbocycles. The van der Waals surface area contributed by atoms with Crippen LogP contribution in [0.5, 0.6) is 0 Å². The van der Waals surface area contributed by atoms with E-state index in [-0.39, 0.29) is 11.5 Å². The summed E-state index contributed by atoms with van der Waals surface area (Å²) in [5, 5.41) is 7.51. The molecule has 23 heavy (non-hydrogen) atoms. The number of sulfone groups is 1. The highest BCUT2D eigenvalue weighted by Crippen LogP contribution is 2.26. The van der Waals surface area contributed by atoms with Crippen LogP contribution in [0.2, 0.25) is 0 Å². The largest absolute Gasteiger partial charge is 0.357 e. The lowest BCUT2D eigenvalue weighted by atomic mass is 10.0. The average molecular weight is 341 g/mol. The van der Waals surface area contributed by atoms with Crippen molar-refractivity contribution in [2.24, 2.45) is 12.0 Å². The number of aryl methyl sites for hydroxylation is 1. The molecule has 0 aliphatic carbocycles. The predicted molar refractivity (Wildman–Crippen MR) is 92.4 cm³/mol. The van der Waals surface area contributed by atoms with E-state index in [2.05, 4.69) is 26.5 Å². The molecule has 1 saturated heterocycles. The SMILES string of the molecule is CCNC(=NCCS(=O)(=O)CC)N1CCC(c2cnn(C)c2)C1. The molecule has 1 aliphatic rings. The van der Waals surface area contributed by atoms with Crippen molar-refractivity contribution in [1.82, 2.24) is 20.0 Å². The van der Waals surface area contributed by atoms with Crippen molar-refractivity contribution in [2.45, 2.75) is 26.2 Å². The molecular formula is C15H27N5O2S. The molecule has 1 aliphatic heterocycles. The van der Waals surface area contributed by atoms with Gasteiger partial charge in [-0.3, -0.25) is 9.67 Å². The summed E-state index contributed by atoms with van der Waals surface area (Å²) < 4.78 is 25.0. The number of aliphatic imine (C=N–C) groups is 1. The molecule has 7 nitrogen and oxygen atoms in total. The fraction of sp³-hybridized carbons (Fsp3) is 0.733. The van der Waals surface area contributed by atoms with Crippen LogP contribution in [0.3, 0.4) is 0 Å². The Morgan fingerprint density at radius 1 is 1.48 bits per heavy atom. The van der Waals surface area contributed by atoms with E-state index in [0.717, 1.165) is 32.0 Å². The molecule has 0 amide bonds. The van der Waals surface area contributed by atoms with Crippen LogP contribution >= 0.6 is 0 Å². The fourth-order valence-corrected chi connectivity index (χ4v) is 3.39. The Balaban J connectivity index is 1.98. The molecule has 1 atom stereocenters. The van der Waals surface area contributed by atoms with Crippen LogP contribution in [0.15, 0.2) is 17.4 Å². The van der Waals surface area contributed by atoms with Gasteiger partial charge in [-0.05, 0) is 18.9 Å². The Morgan fingerprint density at radius 3 is 2.87 bits per heavy atom. The highest BCUT2D eigenvalue weighted by Gasteiger charge is 2.26. The smallest absolute Gasteiger partial charge is 0.193 e. The minimum Gasteiger partial charge on any atom is -0.357 e. The zero-order valence-electron chi connectivity index (χ0n) is 14.2. The van der Waals surface area contributed by atoms with Gasteiger partial charge in [0.2, 0.25) is 0 Å². The van der Waals surface area contributed by atoms with Crippen molar-refractivity contribution >= 4 is 15.8 Å². The van der Waals surface area contributed by atoms with Gasteiger partial charge in [-0.15, -0.1) is 0 Å². The monoisotopic (exact) mass is 341 g/mol. The van der Waals surface area contributed by atoms with Crippen molar-refractivity contribution in [3.05, 3.63) is 18.0 Å². The van der Waals surface area contributed by atoms with E-state index >= 15 is 0 Å². The maximum atomic E-state index is 11.6. The van der Waals surface area contributed by atoms with E-state index < -0.39 is 9.84 Å². The molecule has 130 valence electrons. The number of likely N-dealkylation sites (tertiary alicyclic amines) is 1. The van der Waals surface area contributed by atoms with Crippen molar-refractivity contribution in [3.63, 3.8) is 0 Å². The van der Waals surface area contributed by atoms with Gasteiger partial charge in [0, 0.05) is 44.5 Å². The van der Waals surface area contributed by atoms with Gasteiger partial charge >= 0.3 is 0 Å². The standard InChI is InChI=1S/C15H27N5O2S/c1-4-16-15(17-7-9-23(21,22)5-2)20-8-6-13(12-20)14-10-18-19(3)11-14/h10-11,13H,4-9,12H2,1-3H3,(H,16,17). The first-order valence-corrected chi connectivity index (χ1v) is 9.99. The van der Waals surface area contributed by atoms with E-state index in [1.54, 1.807) is 6.92 Å². The Hall–Kier alpha value is -1.57. The molecule has 1 unspecified atom stereocenters. The Bertz CT molecular complexity index is 638. The third-order valence-electron chi connectivity index (χ3n) is 4.12. The summed E-state index contributed by atoms with van der Waals surface area (Å²) >= 11 is 0. The summed E-state index contributed by atoms with van der Waals surface area (Å²) in [5.74, 6) is 1.54. The predicted octanol–water partition coefficient (Wildman–Crippen LogP) is 0.610. The lowest BCUT2D eigenvalue weighted by Gasteiger charge is -2.21. The molecule has 1 N–H and O–H groups in total. The second-order valence-electron chi connectivity index (χ2n) is 5.85. The van der Waals surface area contributed by atoms with Crippen molar-refractivity contribution in [1.29, 1.82) is 0 Å². The summed E-state index contributed by atoms with van der Waals surface area (Å²) in [6.07, 6.45) is 5.04. The van der Waals surface area contributed by atoms with Gasteiger partial charge < -0.3 is 10.2 Å². The maximum absolute atomic E-state index is 11.6. The van der Waals surface area contributed by atoms with Crippen LogP contribution in [-0.2, 0) is 16.9 Å². The van der Waals surface area contributed by atoms with Crippen LogP contribution in [0.25, 0.3) is 0 Å². The number of guanidine groups is 1. The number of nitrogens with one attached hydrogen (secondary N) is 1. The lowest BCUT2D eigenvalue weighted by molar-refractivity contribution is 0.486. The number of aromatic nitrogens is 2. The zero-order valence-corrected chi connectivity index (χ0v) is 15.0. The Kier molecular flexibility index (Phi) is 6.04. The minimum atomic E-state index is -2.97. The quantitative estimate of drug-likeness (QED) is 0.606. The van der Waals surface area contributed by atoms with Crippen molar-refractivity contribution in [2.75, 3.05) is 37.7 Å². The molecule has 0 radical (unpaired) electrons. The van der Waals surface area contributed by atoms with Gasteiger partial charge in [0.05, 0.1) is 18.5 Å². The molecule has 0 spiro atoms. The van der Waals surface area contributed by atoms with Crippen LogP contribution in [0.1, 0.15) is 31.7 Å². The molecule has 0 bridgehead atoms. The topological polar surface area (TPSA) is 79.6 Å². The second kappa shape index (κ2) is 7.81. The third kappa shape index (κ3) is 4.95. The van der Waals surface area contributed by atoms with Gasteiger partial charge in [-0.25, -0.2) is 8.42 Å². The summed E-state index contributed by atoms with van der Waals surface area (Å²) in [6, 6.07) is 0. The highest BCUT2D eigenvalue weighted by atomic mass is 32.2. The van der Waals surface area contributed by atoms with Gasteiger partial charge in [-0.2, -0.15) is 5.10 Å².